The van der Waals surface area contributed by atoms with Gasteiger partial charge in [0.25, 0.3) is 0 Å². The molecule has 8 aromatic carbocycles. The highest BCUT2D eigenvalue weighted by Gasteiger charge is 2.21. The standard InChI is InChI=1S/C46H27N3/c47-28-30-22-24-34(32-23-25-42(33(27-32)29-48)49-43-20-10-8-14-35(43)36-15-9-11-21-44(36)49)41(26-30)46-39-18-6-4-16-37(39)45(31-12-2-1-3-13-31)38-17-5-7-19-40(38)46/h1-27H. The second kappa shape index (κ2) is 11.4. The third kappa shape index (κ3) is 4.42. The van der Waals surface area contributed by atoms with E-state index in [0.717, 1.165) is 76.9 Å². The van der Waals surface area contributed by atoms with Gasteiger partial charge in [0.2, 0.25) is 0 Å². The number of nitriles is 2. The fraction of sp³-hybridized carbons (Fsp3) is 0. The lowest BCUT2D eigenvalue weighted by Crippen LogP contribution is -1.98. The van der Waals surface area contributed by atoms with Crippen LogP contribution in [0.1, 0.15) is 11.1 Å². The van der Waals surface area contributed by atoms with Crippen LogP contribution in [-0.2, 0) is 0 Å². The zero-order valence-corrected chi connectivity index (χ0v) is 26.4. The van der Waals surface area contributed by atoms with Gasteiger partial charge in [0.05, 0.1) is 33.9 Å². The zero-order chi connectivity index (χ0) is 32.9. The Bertz CT molecular complexity index is 2740. The van der Waals surface area contributed by atoms with Gasteiger partial charge in [0.1, 0.15) is 6.07 Å². The van der Waals surface area contributed by atoms with Crippen LogP contribution in [0, 0.1) is 22.7 Å². The van der Waals surface area contributed by atoms with E-state index >= 15 is 0 Å². The molecule has 0 bridgehead atoms. The van der Waals surface area contributed by atoms with E-state index < -0.39 is 0 Å². The third-order valence-electron chi connectivity index (χ3n) is 9.66. The molecule has 0 spiro atoms. The van der Waals surface area contributed by atoms with Crippen molar-refractivity contribution in [2.45, 2.75) is 0 Å². The molecular formula is C46H27N3. The fourth-order valence-corrected chi connectivity index (χ4v) is 7.58. The molecule has 0 radical (unpaired) electrons. The normalized spacial score (nSPS) is 11.2. The highest BCUT2D eigenvalue weighted by molar-refractivity contribution is 6.22. The minimum absolute atomic E-state index is 0.577. The quantitative estimate of drug-likeness (QED) is 0.184. The molecule has 0 fully saturated rings. The summed E-state index contributed by atoms with van der Waals surface area (Å²) in [6.07, 6.45) is 0. The van der Waals surface area contributed by atoms with Gasteiger partial charge in [-0.2, -0.15) is 10.5 Å². The SMILES string of the molecule is N#Cc1ccc(-c2ccc(-n3c4ccccc4c4ccccc43)c(C#N)c2)c(-c2c3ccccc3c(-c3ccccc3)c3ccccc23)c1. The van der Waals surface area contributed by atoms with Crippen LogP contribution in [0.15, 0.2) is 164 Å². The third-order valence-corrected chi connectivity index (χ3v) is 9.66. The molecule has 0 aliphatic heterocycles. The van der Waals surface area contributed by atoms with Crippen molar-refractivity contribution in [1.82, 2.24) is 4.57 Å². The van der Waals surface area contributed by atoms with Gasteiger partial charge in [-0.3, -0.25) is 0 Å². The molecule has 9 rings (SSSR count). The van der Waals surface area contributed by atoms with E-state index in [4.69, 9.17) is 0 Å². The van der Waals surface area contributed by atoms with Gasteiger partial charge in [0.15, 0.2) is 0 Å². The molecule has 1 aromatic heterocycles. The zero-order valence-electron chi connectivity index (χ0n) is 26.4. The maximum Gasteiger partial charge on any atom is 0.101 e. The number of hydrogen-bond donors (Lipinski definition) is 0. The van der Waals surface area contributed by atoms with Crippen molar-refractivity contribution in [3.63, 3.8) is 0 Å². The van der Waals surface area contributed by atoms with Crippen molar-refractivity contribution in [1.29, 1.82) is 10.5 Å². The summed E-state index contributed by atoms with van der Waals surface area (Å²) in [6.45, 7) is 0. The molecule has 0 amide bonds. The van der Waals surface area contributed by atoms with Gasteiger partial charge in [-0.1, -0.05) is 127 Å². The molecule has 0 aliphatic carbocycles. The van der Waals surface area contributed by atoms with E-state index in [1.165, 1.54) is 5.56 Å². The van der Waals surface area contributed by atoms with Crippen LogP contribution in [0.2, 0.25) is 0 Å². The lowest BCUT2D eigenvalue weighted by molar-refractivity contribution is 1.17. The molecule has 0 atom stereocenters. The first-order valence-electron chi connectivity index (χ1n) is 16.3. The lowest BCUT2D eigenvalue weighted by atomic mass is 9.83. The summed E-state index contributed by atoms with van der Waals surface area (Å²) >= 11 is 0. The average molecular weight is 622 g/mol. The van der Waals surface area contributed by atoms with Crippen molar-refractivity contribution in [2.75, 3.05) is 0 Å². The van der Waals surface area contributed by atoms with E-state index in [-0.39, 0.29) is 0 Å². The maximum atomic E-state index is 10.6. The topological polar surface area (TPSA) is 52.5 Å². The van der Waals surface area contributed by atoms with Crippen LogP contribution in [0.4, 0.5) is 0 Å². The Hall–Kier alpha value is -6.94. The molecule has 0 N–H and O–H groups in total. The van der Waals surface area contributed by atoms with Gasteiger partial charge in [-0.25, -0.2) is 0 Å². The lowest BCUT2D eigenvalue weighted by Gasteiger charge is -2.20. The molecule has 49 heavy (non-hydrogen) atoms. The molecule has 226 valence electrons. The van der Waals surface area contributed by atoms with Gasteiger partial charge in [-0.05, 0) is 91.3 Å². The summed E-state index contributed by atoms with van der Waals surface area (Å²) < 4.78 is 2.19. The summed E-state index contributed by atoms with van der Waals surface area (Å²) in [5, 5.41) is 27.5. The van der Waals surface area contributed by atoms with Crippen molar-refractivity contribution < 1.29 is 0 Å². The Labute approximate surface area is 283 Å². The highest BCUT2D eigenvalue weighted by Crippen LogP contribution is 2.46. The van der Waals surface area contributed by atoms with Crippen LogP contribution in [0.5, 0.6) is 0 Å². The van der Waals surface area contributed by atoms with Crippen LogP contribution < -0.4 is 0 Å². The minimum Gasteiger partial charge on any atom is -0.308 e. The number of hydrogen-bond acceptors (Lipinski definition) is 2. The van der Waals surface area contributed by atoms with E-state index in [2.05, 4.69) is 138 Å². The molecule has 0 aliphatic rings. The number of benzene rings is 8. The second-order valence-electron chi connectivity index (χ2n) is 12.3. The van der Waals surface area contributed by atoms with Gasteiger partial charge < -0.3 is 4.57 Å². The molecular weight excluding hydrogens is 595 g/mol. The predicted octanol–water partition coefficient (Wildman–Crippen LogP) is 11.8. The van der Waals surface area contributed by atoms with Crippen molar-refractivity contribution in [3.05, 3.63) is 175 Å². The first-order chi connectivity index (χ1) is 24.2. The Kier molecular flexibility index (Phi) is 6.58. The van der Waals surface area contributed by atoms with Crippen molar-refractivity contribution >= 4 is 43.4 Å². The Morgan fingerprint density at radius 3 is 1.49 bits per heavy atom. The van der Waals surface area contributed by atoms with Crippen molar-refractivity contribution in [3.8, 4) is 51.2 Å². The number of nitrogens with zero attached hydrogens (tertiary/aromatic N) is 3. The molecule has 0 saturated carbocycles. The number of fused-ring (bicyclic) bond motifs is 5. The van der Waals surface area contributed by atoms with E-state index in [9.17, 15) is 10.5 Å². The van der Waals surface area contributed by atoms with Gasteiger partial charge >= 0.3 is 0 Å². The van der Waals surface area contributed by atoms with Gasteiger partial charge in [0, 0.05) is 10.8 Å². The molecule has 3 nitrogen and oxygen atoms in total. The summed E-state index contributed by atoms with van der Waals surface area (Å²) in [4.78, 5) is 0. The largest absolute Gasteiger partial charge is 0.308 e. The molecule has 0 saturated heterocycles. The number of para-hydroxylation sites is 2. The Balaban J connectivity index is 1.32. The summed E-state index contributed by atoms with van der Waals surface area (Å²) in [5.74, 6) is 0. The first-order valence-corrected chi connectivity index (χ1v) is 16.3. The monoisotopic (exact) mass is 621 g/mol. The van der Waals surface area contributed by atoms with E-state index in [1.807, 2.05) is 42.5 Å². The van der Waals surface area contributed by atoms with Gasteiger partial charge in [-0.15, -0.1) is 0 Å². The van der Waals surface area contributed by atoms with Crippen LogP contribution >= 0.6 is 0 Å². The molecule has 3 heteroatoms. The van der Waals surface area contributed by atoms with Crippen molar-refractivity contribution in [2.24, 2.45) is 0 Å². The summed E-state index contributed by atoms with van der Waals surface area (Å²) in [6, 6.07) is 61.2. The second-order valence-corrected chi connectivity index (χ2v) is 12.3. The minimum atomic E-state index is 0.577. The van der Waals surface area contributed by atoms with Crippen LogP contribution in [0.3, 0.4) is 0 Å². The number of aromatic nitrogens is 1. The summed E-state index contributed by atoms with van der Waals surface area (Å²) in [7, 11) is 0. The first kappa shape index (κ1) is 28.3. The highest BCUT2D eigenvalue weighted by atomic mass is 15.0. The number of rotatable bonds is 4. The maximum absolute atomic E-state index is 10.6. The predicted molar refractivity (Wildman–Crippen MR) is 202 cm³/mol. The molecule has 9 aromatic rings. The fourth-order valence-electron chi connectivity index (χ4n) is 7.58. The summed E-state index contributed by atoms with van der Waals surface area (Å²) in [5.41, 5.74) is 10.4. The van der Waals surface area contributed by atoms with Crippen LogP contribution in [-0.4, -0.2) is 4.57 Å². The Morgan fingerprint density at radius 2 is 0.918 bits per heavy atom. The molecule has 0 unspecified atom stereocenters. The van der Waals surface area contributed by atoms with Crippen LogP contribution in [0.25, 0.3) is 82.4 Å². The Morgan fingerprint density at radius 1 is 0.388 bits per heavy atom. The smallest absolute Gasteiger partial charge is 0.101 e. The average Bonchev–Trinajstić information content (AvgIpc) is 3.51. The van der Waals surface area contributed by atoms with E-state index in [1.54, 1.807) is 0 Å². The molecule has 1 heterocycles. The van der Waals surface area contributed by atoms with E-state index in [0.29, 0.717) is 11.1 Å².